The van der Waals surface area contributed by atoms with Crippen molar-refractivity contribution >= 4 is 51.2 Å². The van der Waals surface area contributed by atoms with Crippen molar-refractivity contribution in [2.75, 3.05) is 54.3 Å². The fraction of sp³-hybridized carbons (Fsp3) is 0.231. The number of ether oxygens (including phenoxy) is 6. The predicted octanol–water partition coefficient (Wildman–Crippen LogP) is 21.8. The van der Waals surface area contributed by atoms with Gasteiger partial charge in [0, 0.05) is 17.1 Å². The molecule has 87 heavy (non-hydrogen) atoms. The standard InChI is InChI=1S/C78H81N3O6/c1-7-49-82-73-31-19-13-25-67(73)79(68-26-14-20-32-74(68)83-50-8-2)64-43-37-58(38-44-64)61-55-62(59-39-45-65(46-40-59)80(69-27-15-21-33-75(69)84-51-9-3)70-28-16-22-34-76(70)85-52-10-4)57-63(56-61)60-41-47-66(48-42-60)81(71-29-17-23-35-77(71)86-53-11-5)72-30-18-24-36-78(72)87-54-12-6/h13-48,55-57H,7-12,49-54H2,1-6H3. The number of hydrogen-bond donors (Lipinski definition) is 0. The summed E-state index contributed by atoms with van der Waals surface area (Å²) in [6, 6.07) is 83.1. The third kappa shape index (κ3) is 14.6. The van der Waals surface area contributed by atoms with Gasteiger partial charge in [-0.3, -0.25) is 0 Å². The van der Waals surface area contributed by atoms with E-state index in [4.69, 9.17) is 28.4 Å². The molecule has 0 N–H and O–H groups in total. The lowest BCUT2D eigenvalue weighted by Gasteiger charge is -2.29. The van der Waals surface area contributed by atoms with Crippen molar-refractivity contribution in [2.45, 2.75) is 80.1 Å². The first kappa shape index (κ1) is 60.5. The normalized spacial score (nSPS) is 11.0. The van der Waals surface area contributed by atoms with E-state index < -0.39 is 0 Å². The first-order valence-electron chi connectivity index (χ1n) is 31.1. The fourth-order valence-corrected chi connectivity index (χ4v) is 10.6. The molecule has 10 aromatic rings. The Kier molecular flexibility index (Phi) is 21.2. The Morgan fingerprint density at radius 3 is 0.552 bits per heavy atom. The van der Waals surface area contributed by atoms with Gasteiger partial charge >= 0.3 is 0 Å². The number of nitrogens with zero attached hydrogens (tertiary/aromatic N) is 3. The summed E-state index contributed by atoms with van der Waals surface area (Å²) in [5.41, 5.74) is 14.9. The molecule has 0 aliphatic heterocycles. The molecule has 0 aliphatic rings. The van der Waals surface area contributed by atoms with Crippen LogP contribution in [0.1, 0.15) is 80.1 Å². The third-order valence-electron chi connectivity index (χ3n) is 14.7. The molecule has 0 atom stereocenters. The fourth-order valence-electron chi connectivity index (χ4n) is 10.6. The van der Waals surface area contributed by atoms with E-state index in [1.54, 1.807) is 0 Å². The Morgan fingerprint density at radius 2 is 0.379 bits per heavy atom. The molecule has 0 amide bonds. The van der Waals surface area contributed by atoms with Crippen molar-refractivity contribution in [3.05, 3.63) is 237 Å². The number of hydrogen-bond acceptors (Lipinski definition) is 9. The zero-order chi connectivity index (χ0) is 60.2. The van der Waals surface area contributed by atoms with E-state index in [9.17, 15) is 0 Å². The van der Waals surface area contributed by atoms with Crippen LogP contribution in [0.2, 0.25) is 0 Å². The smallest absolute Gasteiger partial charge is 0.143 e. The zero-order valence-corrected chi connectivity index (χ0v) is 51.3. The van der Waals surface area contributed by atoms with E-state index >= 15 is 0 Å². The molecule has 0 heterocycles. The summed E-state index contributed by atoms with van der Waals surface area (Å²) >= 11 is 0. The van der Waals surface area contributed by atoms with Gasteiger partial charge in [-0.25, -0.2) is 0 Å². The monoisotopic (exact) mass is 1160 g/mol. The van der Waals surface area contributed by atoms with Gasteiger partial charge in [0.05, 0.1) is 73.8 Å². The third-order valence-corrected chi connectivity index (χ3v) is 14.7. The summed E-state index contributed by atoms with van der Waals surface area (Å²) in [6.45, 7) is 16.4. The topological polar surface area (TPSA) is 65.1 Å². The minimum absolute atomic E-state index is 0.603. The quantitative estimate of drug-likeness (QED) is 0.0438. The highest BCUT2D eigenvalue weighted by atomic mass is 16.5. The second-order valence-electron chi connectivity index (χ2n) is 21.3. The molecule has 0 aromatic heterocycles. The number of rotatable bonds is 30. The van der Waals surface area contributed by atoms with Crippen molar-refractivity contribution in [2.24, 2.45) is 0 Å². The molecule has 0 spiro atoms. The SMILES string of the molecule is CCCOc1ccccc1N(c1ccc(-c2cc(-c3ccc(N(c4ccccc4OCCC)c4ccccc4OCCC)cc3)cc(-c3ccc(N(c4ccccc4OCCC)c4ccccc4OCCC)cc3)c2)cc1)c1ccccc1OCCC. The van der Waals surface area contributed by atoms with Gasteiger partial charge < -0.3 is 43.1 Å². The van der Waals surface area contributed by atoms with Gasteiger partial charge in [0.25, 0.3) is 0 Å². The van der Waals surface area contributed by atoms with E-state index in [-0.39, 0.29) is 0 Å². The second-order valence-corrected chi connectivity index (χ2v) is 21.3. The molecule has 0 bridgehead atoms. The van der Waals surface area contributed by atoms with Crippen LogP contribution in [0.25, 0.3) is 33.4 Å². The Labute approximate surface area is 515 Å². The van der Waals surface area contributed by atoms with Gasteiger partial charge in [-0.2, -0.15) is 0 Å². The minimum Gasteiger partial charge on any atom is -0.491 e. The van der Waals surface area contributed by atoms with Gasteiger partial charge in [0.15, 0.2) is 0 Å². The van der Waals surface area contributed by atoms with Crippen LogP contribution in [0.15, 0.2) is 237 Å². The van der Waals surface area contributed by atoms with Crippen LogP contribution in [-0.4, -0.2) is 39.6 Å². The summed E-state index contributed by atoms with van der Waals surface area (Å²) in [5.74, 6) is 4.84. The van der Waals surface area contributed by atoms with Crippen LogP contribution >= 0.6 is 0 Å². The molecule has 10 aromatic carbocycles. The Morgan fingerprint density at radius 1 is 0.207 bits per heavy atom. The van der Waals surface area contributed by atoms with Gasteiger partial charge in [-0.1, -0.05) is 151 Å². The molecule has 444 valence electrons. The Hall–Kier alpha value is -9.60. The van der Waals surface area contributed by atoms with Gasteiger partial charge in [-0.05, 0) is 199 Å². The van der Waals surface area contributed by atoms with Gasteiger partial charge in [0.1, 0.15) is 34.5 Å². The molecule has 9 nitrogen and oxygen atoms in total. The van der Waals surface area contributed by atoms with E-state index in [1.807, 2.05) is 72.8 Å². The summed E-state index contributed by atoms with van der Waals surface area (Å²) in [7, 11) is 0. The molecule has 0 fully saturated rings. The summed E-state index contributed by atoms with van der Waals surface area (Å²) < 4.78 is 38.6. The lowest BCUT2D eigenvalue weighted by molar-refractivity contribution is 0.316. The zero-order valence-electron chi connectivity index (χ0n) is 51.3. The lowest BCUT2D eigenvalue weighted by atomic mass is 9.93. The van der Waals surface area contributed by atoms with Crippen LogP contribution < -0.4 is 43.1 Å². The van der Waals surface area contributed by atoms with Crippen molar-refractivity contribution in [1.29, 1.82) is 0 Å². The molecule has 10 rings (SSSR count). The highest BCUT2D eigenvalue weighted by Crippen LogP contribution is 2.49. The van der Waals surface area contributed by atoms with Crippen LogP contribution in [-0.2, 0) is 0 Å². The first-order chi connectivity index (χ1) is 42.9. The molecule has 0 saturated heterocycles. The number of benzene rings is 10. The molecule has 9 heteroatoms. The van der Waals surface area contributed by atoms with E-state index in [0.29, 0.717) is 39.6 Å². The summed E-state index contributed by atoms with van der Waals surface area (Å²) in [6.07, 6.45) is 5.36. The summed E-state index contributed by atoms with van der Waals surface area (Å²) in [4.78, 5) is 6.76. The largest absolute Gasteiger partial charge is 0.491 e. The van der Waals surface area contributed by atoms with Crippen LogP contribution in [0.5, 0.6) is 34.5 Å². The molecular formula is C78H81N3O6. The first-order valence-corrected chi connectivity index (χ1v) is 31.1. The van der Waals surface area contributed by atoms with Crippen LogP contribution in [0, 0.1) is 0 Å². The van der Waals surface area contributed by atoms with Crippen molar-refractivity contribution in [1.82, 2.24) is 0 Å². The average Bonchev–Trinajstić information content (AvgIpc) is 2.50. The van der Waals surface area contributed by atoms with E-state index in [2.05, 4.69) is 220 Å². The Balaban J connectivity index is 1.11. The predicted molar refractivity (Wildman–Crippen MR) is 362 cm³/mol. The van der Waals surface area contributed by atoms with Gasteiger partial charge in [-0.15, -0.1) is 0 Å². The number of para-hydroxylation sites is 12. The van der Waals surface area contributed by atoms with Gasteiger partial charge in [0.2, 0.25) is 0 Å². The van der Waals surface area contributed by atoms with Crippen molar-refractivity contribution < 1.29 is 28.4 Å². The van der Waals surface area contributed by atoms with Crippen LogP contribution in [0.4, 0.5) is 51.2 Å². The highest BCUT2D eigenvalue weighted by molar-refractivity contribution is 5.89. The highest BCUT2D eigenvalue weighted by Gasteiger charge is 2.25. The molecule has 0 unspecified atom stereocenters. The maximum atomic E-state index is 6.43. The maximum Gasteiger partial charge on any atom is 0.143 e. The lowest BCUT2D eigenvalue weighted by Crippen LogP contribution is -2.13. The summed E-state index contributed by atoms with van der Waals surface area (Å²) in [5, 5.41) is 0. The Bertz CT molecular complexity index is 3210. The maximum absolute atomic E-state index is 6.43. The number of anilines is 9. The molecule has 0 radical (unpaired) electrons. The molecule has 0 aliphatic carbocycles. The molecule has 0 saturated carbocycles. The van der Waals surface area contributed by atoms with E-state index in [0.717, 1.165) is 158 Å². The molecular weight excluding hydrogens is 1070 g/mol. The van der Waals surface area contributed by atoms with Crippen molar-refractivity contribution in [3.63, 3.8) is 0 Å². The van der Waals surface area contributed by atoms with Crippen molar-refractivity contribution in [3.8, 4) is 67.9 Å². The van der Waals surface area contributed by atoms with Crippen LogP contribution in [0.3, 0.4) is 0 Å². The second kappa shape index (κ2) is 30.5. The van der Waals surface area contributed by atoms with E-state index in [1.165, 1.54) is 0 Å². The minimum atomic E-state index is 0.603. The average molecular weight is 1160 g/mol.